The fourth-order valence-electron chi connectivity index (χ4n) is 2.29. The summed E-state index contributed by atoms with van der Waals surface area (Å²) in [6, 6.07) is 6.52. The zero-order valence-electron chi connectivity index (χ0n) is 12.7. The molecule has 21 heavy (non-hydrogen) atoms. The molecule has 1 fully saturated rings. The highest BCUT2D eigenvalue weighted by molar-refractivity contribution is 5.81. The van der Waals surface area contributed by atoms with Crippen molar-refractivity contribution in [3.8, 4) is 5.75 Å². The first kappa shape index (κ1) is 13.7. The predicted octanol–water partition coefficient (Wildman–Crippen LogP) is 1.41. The largest absolute Gasteiger partial charge is 0.497 e. The molecule has 0 saturated heterocycles. The zero-order valence-corrected chi connectivity index (χ0v) is 12.7. The molecule has 1 aliphatic carbocycles. The molecule has 6 heteroatoms. The highest BCUT2D eigenvalue weighted by Gasteiger charge is 2.22. The van der Waals surface area contributed by atoms with Crippen molar-refractivity contribution in [3.63, 3.8) is 0 Å². The number of guanidine groups is 1. The van der Waals surface area contributed by atoms with Crippen molar-refractivity contribution in [3.05, 3.63) is 24.0 Å². The Morgan fingerprint density at radius 2 is 2.29 bits per heavy atom. The number of fused-ring (bicyclic) bond motifs is 1. The van der Waals surface area contributed by atoms with Crippen molar-refractivity contribution in [2.24, 2.45) is 12.0 Å². The first-order valence-corrected chi connectivity index (χ1v) is 7.18. The molecule has 6 nitrogen and oxygen atoms in total. The van der Waals surface area contributed by atoms with Crippen LogP contribution in [0.2, 0.25) is 0 Å². The molecule has 0 unspecified atom stereocenters. The number of aromatic nitrogens is 2. The van der Waals surface area contributed by atoms with Gasteiger partial charge in [0.25, 0.3) is 0 Å². The quantitative estimate of drug-likeness (QED) is 0.659. The average Bonchev–Trinajstić information content (AvgIpc) is 3.27. The van der Waals surface area contributed by atoms with E-state index in [1.807, 2.05) is 25.2 Å². The van der Waals surface area contributed by atoms with E-state index < -0.39 is 0 Å². The van der Waals surface area contributed by atoms with Crippen LogP contribution >= 0.6 is 0 Å². The topological polar surface area (TPSA) is 63.5 Å². The van der Waals surface area contributed by atoms with E-state index >= 15 is 0 Å². The minimum atomic E-state index is 0.584. The number of aryl methyl sites for hydroxylation is 1. The van der Waals surface area contributed by atoms with Crippen LogP contribution < -0.4 is 15.4 Å². The van der Waals surface area contributed by atoms with E-state index in [2.05, 4.69) is 25.2 Å². The molecule has 0 atom stereocenters. The molecule has 0 amide bonds. The summed E-state index contributed by atoms with van der Waals surface area (Å²) >= 11 is 0. The molecule has 1 aliphatic rings. The molecule has 112 valence electrons. The van der Waals surface area contributed by atoms with E-state index in [-0.39, 0.29) is 0 Å². The zero-order chi connectivity index (χ0) is 14.8. The van der Waals surface area contributed by atoms with E-state index in [0.29, 0.717) is 12.6 Å². The second kappa shape index (κ2) is 5.63. The van der Waals surface area contributed by atoms with E-state index in [1.165, 1.54) is 12.8 Å². The number of hydrogen-bond acceptors (Lipinski definition) is 3. The third-order valence-electron chi connectivity index (χ3n) is 3.74. The lowest BCUT2D eigenvalue weighted by molar-refractivity contribution is 0.415. The number of ether oxygens (including phenoxy) is 1. The maximum absolute atomic E-state index is 5.24. The molecular formula is C15H21N5O. The monoisotopic (exact) mass is 287 g/mol. The van der Waals surface area contributed by atoms with Crippen LogP contribution in [0.15, 0.2) is 23.2 Å². The van der Waals surface area contributed by atoms with Gasteiger partial charge in [-0.15, -0.1) is 0 Å². The molecule has 1 heterocycles. The number of benzene rings is 1. The number of methoxy groups -OCH3 is 1. The SMILES string of the molecule is CN=C(NCc1nc2cc(OC)ccc2n1C)NC1CC1. The molecule has 1 saturated carbocycles. The molecule has 1 aromatic heterocycles. The molecule has 0 bridgehead atoms. The fraction of sp³-hybridized carbons (Fsp3) is 0.467. The van der Waals surface area contributed by atoms with Crippen molar-refractivity contribution in [1.29, 1.82) is 0 Å². The third-order valence-corrected chi connectivity index (χ3v) is 3.74. The van der Waals surface area contributed by atoms with Gasteiger partial charge in [0.1, 0.15) is 11.6 Å². The Balaban J connectivity index is 1.75. The standard InChI is InChI=1S/C15H21N5O/c1-16-15(18-10-4-5-10)17-9-14-19-12-8-11(21-3)6-7-13(12)20(14)2/h6-8,10H,4-5,9H2,1-3H3,(H2,16,17,18). The van der Waals surface area contributed by atoms with Crippen LogP contribution in [0.3, 0.4) is 0 Å². The lowest BCUT2D eigenvalue weighted by atomic mass is 10.3. The summed E-state index contributed by atoms with van der Waals surface area (Å²) in [4.78, 5) is 8.89. The highest BCUT2D eigenvalue weighted by atomic mass is 16.5. The van der Waals surface area contributed by atoms with Crippen LogP contribution in [0.5, 0.6) is 5.75 Å². The molecule has 0 radical (unpaired) electrons. The minimum absolute atomic E-state index is 0.584. The Kier molecular flexibility index (Phi) is 3.68. The minimum Gasteiger partial charge on any atom is -0.497 e. The van der Waals surface area contributed by atoms with Crippen LogP contribution in [-0.4, -0.2) is 35.7 Å². The van der Waals surface area contributed by atoms with Crippen LogP contribution in [-0.2, 0) is 13.6 Å². The van der Waals surface area contributed by atoms with Gasteiger partial charge in [-0.05, 0) is 25.0 Å². The Hall–Kier alpha value is -2.24. The Labute approximate surface area is 124 Å². The number of imidazole rings is 1. The molecule has 2 N–H and O–H groups in total. The molecular weight excluding hydrogens is 266 g/mol. The number of aliphatic imine (C=N–C) groups is 1. The first-order chi connectivity index (χ1) is 10.2. The summed E-state index contributed by atoms with van der Waals surface area (Å²) in [6.45, 7) is 0.639. The van der Waals surface area contributed by atoms with Gasteiger partial charge in [0.15, 0.2) is 5.96 Å². The normalized spacial score (nSPS) is 15.3. The molecule has 1 aromatic carbocycles. The summed E-state index contributed by atoms with van der Waals surface area (Å²) < 4.78 is 7.33. The van der Waals surface area contributed by atoms with E-state index in [0.717, 1.165) is 28.6 Å². The number of nitrogens with one attached hydrogen (secondary N) is 2. The molecule has 0 aliphatic heterocycles. The van der Waals surface area contributed by atoms with E-state index in [1.54, 1.807) is 14.2 Å². The van der Waals surface area contributed by atoms with Crippen molar-refractivity contribution >= 4 is 17.0 Å². The maximum atomic E-state index is 5.24. The second-order valence-corrected chi connectivity index (χ2v) is 5.29. The smallest absolute Gasteiger partial charge is 0.191 e. The summed E-state index contributed by atoms with van der Waals surface area (Å²) in [7, 11) is 5.48. The van der Waals surface area contributed by atoms with Gasteiger partial charge in [-0.1, -0.05) is 0 Å². The molecule has 2 aromatic rings. The van der Waals surface area contributed by atoms with Crippen molar-refractivity contribution in [2.75, 3.05) is 14.2 Å². The van der Waals surface area contributed by atoms with Crippen LogP contribution in [0.4, 0.5) is 0 Å². The van der Waals surface area contributed by atoms with Crippen LogP contribution in [0.25, 0.3) is 11.0 Å². The maximum Gasteiger partial charge on any atom is 0.191 e. The third kappa shape index (κ3) is 2.94. The number of hydrogen-bond donors (Lipinski definition) is 2. The van der Waals surface area contributed by atoms with Gasteiger partial charge in [0, 0.05) is 26.2 Å². The van der Waals surface area contributed by atoms with Gasteiger partial charge in [0.05, 0.1) is 24.7 Å². The van der Waals surface area contributed by atoms with Gasteiger partial charge in [-0.2, -0.15) is 0 Å². The lowest BCUT2D eigenvalue weighted by Gasteiger charge is -2.10. The number of nitrogens with zero attached hydrogens (tertiary/aromatic N) is 3. The van der Waals surface area contributed by atoms with Gasteiger partial charge in [0.2, 0.25) is 0 Å². The van der Waals surface area contributed by atoms with Gasteiger partial charge in [-0.25, -0.2) is 4.98 Å². The highest BCUT2D eigenvalue weighted by Crippen LogP contribution is 2.21. The van der Waals surface area contributed by atoms with E-state index in [9.17, 15) is 0 Å². The summed E-state index contributed by atoms with van der Waals surface area (Å²) in [5.74, 6) is 2.63. The van der Waals surface area contributed by atoms with E-state index in [4.69, 9.17) is 4.74 Å². The van der Waals surface area contributed by atoms with Crippen LogP contribution in [0, 0.1) is 0 Å². The molecule has 0 spiro atoms. The predicted molar refractivity (Wildman–Crippen MR) is 83.6 cm³/mol. The number of rotatable bonds is 4. The lowest BCUT2D eigenvalue weighted by Crippen LogP contribution is -2.38. The van der Waals surface area contributed by atoms with Crippen molar-refractivity contribution in [1.82, 2.24) is 20.2 Å². The Bertz CT molecular complexity index is 672. The average molecular weight is 287 g/mol. The summed E-state index contributed by atoms with van der Waals surface area (Å²) in [6.07, 6.45) is 2.46. The summed E-state index contributed by atoms with van der Waals surface area (Å²) in [5, 5.41) is 6.68. The summed E-state index contributed by atoms with van der Waals surface area (Å²) in [5.41, 5.74) is 2.04. The Morgan fingerprint density at radius 1 is 1.48 bits per heavy atom. The van der Waals surface area contributed by atoms with Crippen molar-refractivity contribution < 1.29 is 4.74 Å². The van der Waals surface area contributed by atoms with Crippen molar-refractivity contribution in [2.45, 2.75) is 25.4 Å². The molecule has 3 rings (SSSR count). The Morgan fingerprint density at radius 3 is 2.95 bits per heavy atom. The van der Waals surface area contributed by atoms with Gasteiger partial charge < -0.3 is 19.9 Å². The van der Waals surface area contributed by atoms with Gasteiger partial charge >= 0.3 is 0 Å². The van der Waals surface area contributed by atoms with Gasteiger partial charge in [-0.3, -0.25) is 4.99 Å². The first-order valence-electron chi connectivity index (χ1n) is 7.18. The second-order valence-electron chi connectivity index (χ2n) is 5.29. The van der Waals surface area contributed by atoms with Crippen LogP contribution in [0.1, 0.15) is 18.7 Å². The fourth-order valence-corrected chi connectivity index (χ4v) is 2.29.